The first-order chi connectivity index (χ1) is 4.85. The van der Waals surface area contributed by atoms with Gasteiger partial charge in [0.15, 0.2) is 0 Å². The second-order valence-corrected chi connectivity index (χ2v) is 2.48. The van der Waals surface area contributed by atoms with Crippen LogP contribution in [0.15, 0.2) is 23.1 Å². The molecule has 0 rings (SSSR count). The fourth-order valence-electron chi connectivity index (χ4n) is 0.468. The molecule has 0 atom stereocenters. The predicted octanol–water partition coefficient (Wildman–Crippen LogP) is 2.83. The van der Waals surface area contributed by atoms with Crippen molar-refractivity contribution in [1.82, 2.24) is 0 Å². The summed E-state index contributed by atoms with van der Waals surface area (Å²) in [5, 5.41) is 0. The standard InChI is InChI=1S/C9H12S/c1-4-6-8-9(10-3)7-5-2/h4,6,8H,1-3H3/b6-4+,9-8-. The zero-order valence-electron chi connectivity index (χ0n) is 6.64. The molecular weight excluding hydrogens is 140 g/mol. The van der Waals surface area contributed by atoms with Crippen LogP contribution < -0.4 is 0 Å². The van der Waals surface area contributed by atoms with E-state index in [0.29, 0.717) is 0 Å². The van der Waals surface area contributed by atoms with Crippen molar-refractivity contribution in [3.05, 3.63) is 23.1 Å². The Morgan fingerprint density at radius 1 is 1.50 bits per heavy atom. The molecule has 0 aliphatic rings. The summed E-state index contributed by atoms with van der Waals surface area (Å²) < 4.78 is 0. The van der Waals surface area contributed by atoms with Crippen molar-refractivity contribution in [3.8, 4) is 11.8 Å². The van der Waals surface area contributed by atoms with Gasteiger partial charge < -0.3 is 0 Å². The van der Waals surface area contributed by atoms with Crippen LogP contribution in [0.3, 0.4) is 0 Å². The van der Waals surface area contributed by atoms with Crippen LogP contribution in [0.1, 0.15) is 13.8 Å². The van der Waals surface area contributed by atoms with Gasteiger partial charge in [0, 0.05) is 0 Å². The number of allylic oxidation sites excluding steroid dienone is 4. The van der Waals surface area contributed by atoms with Crippen molar-refractivity contribution >= 4 is 11.8 Å². The van der Waals surface area contributed by atoms with Gasteiger partial charge in [-0.3, -0.25) is 0 Å². The van der Waals surface area contributed by atoms with Crippen molar-refractivity contribution in [2.24, 2.45) is 0 Å². The molecule has 0 saturated heterocycles. The molecule has 0 aromatic carbocycles. The lowest BCUT2D eigenvalue weighted by Gasteiger charge is -1.87. The van der Waals surface area contributed by atoms with Crippen LogP contribution in [0, 0.1) is 11.8 Å². The van der Waals surface area contributed by atoms with E-state index in [1.54, 1.807) is 11.8 Å². The molecule has 0 aliphatic carbocycles. The van der Waals surface area contributed by atoms with Crippen LogP contribution in [0.25, 0.3) is 0 Å². The summed E-state index contributed by atoms with van der Waals surface area (Å²) in [6.45, 7) is 3.84. The van der Waals surface area contributed by atoms with Crippen LogP contribution in [0.4, 0.5) is 0 Å². The second-order valence-electron chi connectivity index (χ2n) is 1.64. The van der Waals surface area contributed by atoms with E-state index in [2.05, 4.69) is 11.8 Å². The Morgan fingerprint density at radius 2 is 2.20 bits per heavy atom. The van der Waals surface area contributed by atoms with E-state index in [-0.39, 0.29) is 0 Å². The Morgan fingerprint density at radius 3 is 2.60 bits per heavy atom. The van der Waals surface area contributed by atoms with Crippen molar-refractivity contribution in [2.45, 2.75) is 13.8 Å². The lowest BCUT2D eigenvalue weighted by molar-refractivity contribution is 1.73. The van der Waals surface area contributed by atoms with Gasteiger partial charge in [0.25, 0.3) is 0 Å². The Balaban J connectivity index is 4.13. The van der Waals surface area contributed by atoms with Crippen molar-refractivity contribution in [3.63, 3.8) is 0 Å². The lowest BCUT2D eigenvalue weighted by Crippen LogP contribution is -1.65. The largest absolute Gasteiger partial charge is 0.121 e. The summed E-state index contributed by atoms with van der Waals surface area (Å²) in [5.74, 6) is 5.84. The van der Waals surface area contributed by atoms with Crippen molar-refractivity contribution in [2.75, 3.05) is 6.26 Å². The SMILES string of the molecule is CC#C/C(=C/C=C/C)SC. The van der Waals surface area contributed by atoms with E-state index in [4.69, 9.17) is 0 Å². The van der Waals surface area contributed by atoms with Crippen molar-refractivity contribution in [1.29, 1.82) is 0 Å². The maximum absolute atomic E-state index is 2.99. The molecule has 0 unspecified atom stereocenters. The maximum atomic E-state index is 2.99. The summed E-state index contributed by atoms with van der Waals surface area (Å²) in [6.07, 6.45) is 8.03. The van der Waals surface area contributed by atoms with Gasteiger partial charge in [-0.1, -0.05) is 18.1 Å². The van der Waals surface area contributed by atoms with Crippen LogP contribution in [-0.4, -0.2) is 6.26 Å². The van der Waals surface area contributed by atoms with E-state index in [0.717, 1.165) is 4.91 Å². The average Bonchev–Trinajstić information content (AvgIpc) is 1.98. The molecule has 0 nitrogen and oxygen atoms in total. The summed E-state index contributed by atoms with van der Waals surface area (Å²) in [6, 6.07) is 0. The zero-order valence-corrected chi connectivity index (χ0v) is 7.46. The minimum Gasteiger partial charge on any atom is -0.121 e. The molecule has 0 bridgehead atoms. The summed E-state index contributed by atoms with van der Waals surface area (Å²) >= 11 is 1.67. The third kappa shape index (κ3) is 4.29. The summed E-state index contributed by atoms with van der Waals surface area (Å²) in [5.41, 5.74) is 0. The van der Waals surface area contributed by atoms with Crippen LogP contribution in [0.2, 0.25) is 0 Å². The first-order valence-electron chi connectivity index (χ1n) is 3.15. The molecule has 0 aromatic rings. The van der Waals surface area contributed by atoms with Gasteiger partial charge in [0.1, 0.15) is 0 Å². The Kier molecular flexibility index (Phi) is 6.11. The smallest absolute Gasteiger partial charge is 0.0570 e. The molecule has 0 radical (unpaired) electrons. The normalized spacial score (nSPS) is 11.3. The van der Waals surface area contributed by atoms with E-state index < -0.39 is 0 Å². The number of hydrogen-bond acceptors (Lipinski definition) is 1. The maximum Gasteiger partial charge on any atom is 0.0570 e. The van der Waals surface area contributed by atoms with E-state index in [1.165, 1.54) is 0 Å². The van der Waals surface area contributed by atoms with Gasteiger partial charge in [0.2, 0.25) is 0 Å². The molecule has 0 saturated carbocycles. The van der Waals surface area contributed by atoms with Gasteiger partial charge in [-0.05, 0) is 26.2 Å². The molecule has 0 spiro atoms. The molecule has 0 N–H and O–H groups in total. The number of rotatable bonds is 2. The van der Waals surface area contributed by atoms with Gasteiger partial charge in [-0.25, -0.2) is 0 Å². The van der Waals surface area contributed by atoms with Crippen LogP contribution in [0.5, 0.6) is 0 Å². The minimum atomic E-state index is 1.11. The Hall–Kier alpha value is -0.610. The highest BCUT2D eigenvalue weighted by atomic mass is 32.2. The van der Waals surface area contributed by atoms with Gasteiger partial charge in [0.05, 0.1) is 4.91 Å². The zero-order chi connectivity index (χ0) is 7.82. The first kappa shape index (κ1) is 9.39. The molecular formula is C9H12S. The highest BCUT2D eigenvalue weighted by Gasteiger charge is 1.82. The monoisotopic (exact) mass is 152 g/mol. The second kappa shape index (κ2) is 6.51. The average molecular weight is 152 g/mol. The molecule has 0 amide bonds. The topological polar surface area (TPSA) is 0 Å². The number of thioether (sulfide) groups is 1. The van der Waals surface area contributed by atoms with Gasteiger partial charge in [-0.2, -0.15) is 0 Å². The molecule has 0 aromatic heterocycles. The van der Waals surface area contributed by atoms with Crippen molar-refractivity contribution < 1.29 is 0 Å². The third-order valence-corrected chi connectivity index (χ3v) is 1.59. The van der Waals surface area contributed by atoms with E-state index in [1.807, 2.05) is 38.3 Å². The Bertz CT molecular complexity index is 189. The highest BCUT2D eigenvalue weighted by molar-refractivity contribution is 8.02. The Labute approximate surface area is 67.4 Å². The van der Waals surface area contributed by atoms with Crippen LogP contribution >= 0.6 is 11.8 Å². The molecule has 0 aliphatic heterocycles. The molecule has 54 valence electrons. The molecule has 0 heterocycles. The third-order valence-electron chi connectivity index (χ3n) is 0.908. The number of hydrogen-bond donors (Lipinski definition) is 0. The first-order valence-corrected chi connectivity index (χ1v) is 4.37. The van der Waals surface area contributed by atoms with E-state index >= 15 is 0 Å². The minimum absolute atomic E-state index is 1.11. The predicted molar refractivity (Wildman–Crippen MR) is 49.9 cm³/mol. The highest BCUT2D eigenvalue weighted by Crippen LogP contribution is 2.09. The van der Waals surface area contributed by atoms with E-state index in [9.17, 15) is 0 Å². The fourth-order valence-corrected chi connectivity index (χ4v) is 0.886. The van der Waals surface area contributed by atoms with Crippen LogP contribution in [-0.2, 0) is 0 Å². The quantitative estimate of drug-likeness (QED) is 0.433. The fraction of sp³-hybridized carbons (Fsp3) is 0.333. The summed E-state index contributed by atoms with van der Waals surface area (Å²) in [7, 11) is 0. The van der Waals surface area contributed by atoms with Gasteiger partial charge in [-0.15, -0.1) is 17.7 Å². The lowest BCUT2D eigenvalue weighted by atomic mass is 10.4. The van der Waals surface area contributed by atoms with Gasteiger partial charge >= 0.3 is 0 Å². The molecule has 10 heavy (non-hydrogen) atoms. The molecule has 1 heteroatoms. The molecule has 0 fully saturated rings. The summed E-state index contributed by atoms with van der Waals surface area (Å²) in [4.78, 5) is 1.11.